The molecule has 0 aliphatic carbocycles. The fraction of sp³-hybridized carbons (Fsp3) is 1.00. The molecular formula is C32H68ClN. The Morgan fingerprint density at radius 1 is 0.353 bits per heavy atom. The van der Waals surface area contributed by atoms with Gasteiger partial charge in [0.2, 0.25) is 0 Å². The van der Waals surface area contributed by atoms with Crippen molar-refractivity contribution < 1.29 is 0 Å². The Hall–Kier alpha value is 0.250. The molecule has 0 spiro atoms. The quantitative estimate of drug-likeness (QED) is 0.105. The highest BCUT2D eigenvalue weighted by Gasteiger charge is 2.07. The lowest BCUT2D eigenvalue weighted by Crippen LogP contribution is -2.34. The summed E-state index contributed by atoms with van der Waals surface area (Å²) in [6.07, 6.45) is 37.5. The Kier molecular flexibility index (Phi) is 33.5. The van der Waals surface area contributed by atoms with Crippen LogP contribution in [0.5, 0.6) is 0 Å². The highest BCUT2D eigenvalue weighted by Crippen LogP contribution is 2.15. The zero-order valence-corrected chi connectivity index (χ0v) is 25.3. The predicted molar refractivity (Wildman–Crippen MR) is 161 cm³/mol. The number of nitrogens with one attached hydrogen (secondary N) is 1. The molecule has 0 heterocycles. The van der Waals surface area contributed by atoms with E-state index in [0.717, 1.165) is 0 Å². The maximum atomic E-state index is 3.86. The molecule has 0 aliphatic rings. The molecule has 0 saturated carbocycles. The number of hydrogen-bond acceptors (Lipinski definition) is 1. The standard InChI is InChI=1S/C32H67N.ClH/c1-5-7-9-11-13-15-17-19-21-23-25-27-29-31(3)33-32(4)30-28-26-24-22-20-18-16-14-12-10-8-6-2;/h31-33H,5-30H2,1-4H3;1H. The zero-order valence-electron chi connectivity index (χ0n) is 24.4. The molecule has 2 unspecified atom stereocenters. The monoisotopic (exact) mass is 502 g/mol. The maximum absolute atomic E-state index is 3.86. The first-order valence-electron chi connectivity index (χ1n) is 16.0. The van der Waals surface area contributed by atoms with Crippen LogP contribution in [0.15, 0.2) is 0 Å². The molecule has 0 rings (SSSR count). The average Bonchev–Trinajstić information content (AvgIpc) is 2.80. The van der Waals surface area contributed by atoms with Gasteiger partial charge in [0.15, 0.2) is 0 Å². The third-order valence-electron chi connectivity index (χ3n) is 7.55. The largest absolute Gasteiger partial charge is 0.312 e. The summed E-state index contributed by atoms with van der Waals surface area (Å²) < 4.78 is 0. The second-order valence-corrected chi connectivity index (χ2v) is 11.3. The van der Waals surface area contributed by atoms with E-state index < -0.39 is 0 Å². The van der Waals surface area contributed by atoms with Crippen molar-refractivity contribution in [1.29, 1.82) is 0 Å². The van der Waals surface area contributed by atoms with Crippen LogP contribution in [-0.2, 0) is 0 Å². The lowest BCUT2D eigenvalue weighted by atomic mass is 10.0. The van der Waals surface area contributed by atoms with E-state index >= 15 is 0 Å². The van der Waals surface area contributed by atoms with Gasteiger partial charge in [0.05, 0.1) is 0 Å². The van der Waals surface area contributed by atoms with Crippen LogP contribution < -0.4 is 5.32 Å². The predicted octanol–water partition coefficient (Wildman–Crippen LogP) is 12.0. The van der Waals surface area contributed by atoms with Crippen LogP contribution in [0.2, 0.25) is 0 Å². The maximum Gasteiger partial charge on any atom is 0.00412 e. The Bertz CT molecular complexity index is 314. The third-order valence-corrected chi connectivity index (χ3v) is 7.55. The molecule has 1 N–H and O–H groups in total. The first-order valence-corrected chi connectivity index (χ1v) is 16.0. The van der Waals surface area contributed by atoms with Gasteiger partial charge in [-0.2, -0.15) is 0 Å². The molecule has 0 radical (unpaired) electrons. The molecule has 0 bridgehead atoms. The number of rotatable bonds is 28. The normalized spacial score (nSPS) is 13.1. The van der Waals surface area contributed by atoms with Gasteiger partial charge in [0.1, 0.15) is 0 Å². The Morgan fingerprint density at radius 2 is 0.559 bits per heavy atom. The molecule has 0 amide bonds. The Balaban J connectivity index is 0. The Morgan fingerprint density at radius 3 is 0.794 bits per heavy atom. The Labute approximate surface area is 224 Å². The van der Waals surface area contributed by atoms with Gasteiger partial charge in [-0.05, 0) is 26.7 Å². The summed E-state index contributed by atoms with van der Waals surface area (Å²) >= 11 is 0. The molecule has 1 nitrogen and oxygen atoms in total. The molecule has 0 aromatic heterocycles. The average molecular weight is 502 g/mol. The van der Waals surface area contributed by atoms with Crippen molar-refractivity contribution in [2.45, 2.75) is 207 Å². The number of unbranched alkanes of at least 4 members (excludes halogenated alkanes) is 22. The second-order valence-electron chi connectivity index (χ2n) is 11.3. The summed E-state index contributed by atoms with van der Waals surface area (Å²) in [4.78, 5) is 0. The van der Waals surface area contributed by atoms with Crippen LogP contribution in [0.3, 0.4) is 0 Å². The molecule has 0 saturated heterocycles. The summed E-state index contributed by atoms with van der Waals surface area (Å²) in [5.74, 6) is 0. The zero-order chi connectivity index (χ0) is 24.2. The molecule has 2 atom stereocenters. The summed E-state index contributed by atoms with van der Waals surface area (Å²) in [5, 5.41) is 3.86. The topological polar surface area (TPSA) is 12.0 Å². The molecule has 208 valence electrons. The molecular weight excluding hydrogens is 434 g/mol. The van der Waals surface area contributed by atoms with Crippen molar-refractivity contribution in [3.8, 4) is 0 Å². The van der Waals surface area contributed by atoms with Gasteiger partial charge in [-0.15, -0.1) is 12.4 Å². The van der Waals surface area contributed by atoms with E-state index in [1.54, 1.807) is 0 Å². The SMILES string of the molecule is CCCCCCCCCCCCCCC(C)NC(C)CCCCCCCCCCCCCC.Cl. The molecule has 0 aromatic rings. The minimum Gasteiger partial charge on any atom is -0.312 e. The highest BCUT2D eigenvalue weighted by atomic mass is 35.5. The lowest BCUT2D eigenvalue weighted by Gasteiger charge is -2.20. The van der Waals surface area contributed by atoms with E-state index in [0.29, 0.717) is 12.1 Å². The van der Waals surface area contributed by atoms with Gasteiger partial charge in [0, 0.05) is 12.1 Å². The number of hydrogen-bond donors (Lipinski definition) is 1. The van der Waals surface area contributed by atoms with E-state index in [-0.39, 0.29) is 12.4 Å². The van der Waals surface area contributed by atoms with Crippen LogP contribution in [0, 0.1) is 0 Å². The van der Waals surface area contributed by atoms with Gasteiger partial charge < -0.3 is 5.32 Å². The summed E-state index contributed by atoms with van der Waals surface area (Å²) in [5.41, 5.74) is 0. The van der Waals surface area contributed by atoms with Crippen LogP contribution in [0.4, 0.5) is 0 Å². The van der Waals surface area contributed by atoms with Crippen molar-refractivity contribution >= 4 is 12.4 Å². The number of halogens is 1. The van der Waals surface area contributed by atoms with Gasteiger partial charge in [0.25, 0.3) is 0 Å². The first-order chi connectivity index (χ1) is 16.2. The molecule has 0 fully saturated rings. The van der Waals surface area contributed by atoms with Gasteiger partial charge in [-0.25, -0.2) is 0 Å². The third kappa shape index (κ3) is 30.3. The minimum atomic E-state index is 0. The summed E-state index contributed by atoms with van der Waals surface area (Å²) in [6.45, 7) is 9.41. The van der Waals surface area contributed by atoms with Gasteiger partial charge >= 0.3 is 0 Å². The fourth-order valence-corrected chi connectivity index (χ4v) is 5.24. The fourth-order valence-electron chi connectivity index (χ4n) is 5.24. The highest BCUT2D eigenvalue weighted by molar-refractivity contribution is 5.85. The second kappa shape index (κ2) is 31.3. The minimum absolute atomic E-state index is 0. The molecule has 0 aliphatic heterocycles. The van der Waals surface area contributed by atoms with Crippen LogP contribution in [0.1, 0.15) is 195 Å². The van der Waals surface area contributed by atoms with Crippen LogP contribution >= 0.6 is 12.4 Å². The van der Waals surface area contributed by atoms with E-state index in [2.05, 4.69) is 33.0 Å². The molecule has 0 aromatic carbocycles. The van der Waals surface area contributed by atoms with Gasteiger partial charge in [-0.1, -0.05) is 168 Å². The van der Waals surface area contributed by atoms with Crippen molar-refractivity contribution in [2.24, 2.45) is 0 Å². The molecule has 34 heavy (non-hydrogen) atoms. The first kappa shape index (κ1) is 36.4. The van der Waals surface area contributed by atoms with E-state index in [1.807, 2.05) is 0 Å². The van der Waals surface area contributed by atoms with E-state index in [9.17, 15) is 0 Å². The van der Waals surface area contributed by atoms with Gasteiger partial charge in [-0.3, -0.25) is 0 Å². The lowest BCUT2D eigenvalue weighted by molar-refractivity contribution is 0.402. The van der Waals surface area contributed by atoms with Crippen molar-refractivity contribution in [1.82, 2.24) is 5.32 Å². The van der Waals surface area contributed by atoms with Crippen LogP contribution in [-0.4, -0.2) is 12.1 Å². The van der Waals surface area contributed by atoms with Crippen LogP contribution in [0.25, 0.3) is 0 Å². The van der Waals surface area contributed by atoms with Crippen molar-refractivity contribution in [3.05, 3.63) is 0 Å². The van der Waals surface area contributed by atoms with E-state index in [1.165, 1.54) is 167 Å². The van der Waals surface area contributed by atoms with Crippen molar-refractivity contribution in [3.63, 3.8) is 0 Å². The smallest absolute Gasteiger partial charge is 0.00412 e. The molecule has 2 heteroatoms. The van der Waals surface area contributed by atoms with E-state index in [4.69, 9.17) is 0 Å². The summed E-state index contributed by atoms with van der Waals surface area (Å²) in [7, 11) is 0. The van der Waals surface area contributed by atoms with Crippen molar-refractivity contribution in [2.75, 3.05) is 0 Å². The summed E-state index contributed by atoms with van der Waals surface area (Å²) in [6, 6.07) is 1.39.